The Balaban J connectivity index is 1.84. The van der Waals surface area contributed by atoms with Gasteiger partial charge >= 0.3 is 6.09 Å². The number of carbonyl (C=O) groups excluding carboxylic acids is 2. The number of rotatable bonds is 3. The number of nitrogens with one attached hydrogen (secondary N) is 1. The van der Waals surface area contributed by atoms with E-state index in [1.165, 1.54) is 4.57 Å². The molecule has 1 N–H and O–H groups in total. The highest BCUT2D eigenvalue weighted by Gasteiger charge is 2.40. The van der Waals surface area contributed by atoms with Crippen LogP contribution in [0.1, 0.15) is 44.6 Å². The number of benzene rings is 1. The van der Waals surface area contributed by atoms with Crippen LogP contribution >= 0.6 is 11.3 Å². The lowest BCUT2D eigenvalue weighted by Gasteiger charge is -2.32. The first kappa shape index (κ1) is 21.3. The highest BCUT2D eigenvalue weighted by Crippen LogP contribution is 2.45. The highest BCUT2D eigenvalue weighted by molar-refractivity contribution is 7.10. The molecule has 0 fully saturated rings. The van der Waals surface area contributed by atoms with Crippen LogP contribution in [0, 0.1) is 0 Å². The van der Waals surface area contributed by atoms with E-state index in [4.69, 9.17) is 9.47 Å². The number of fused-ring (bicyclic) bond motifs is 1. The number of anilines is 1. The summed E-state index contributed by atoms with van der Waals surface area (Å²) < 4.78 is 13.3. The van der Waals surface area contributed by atoms with Gasteiger partial charge in [0.2, 0.25) is 5.91 Å². The largest absolute Gasteiger partial charge is 0.443 e. The lowest BCUT2D eigenvalue weighted by Crippen LogP contribution is -2.30. The molecule has 6 nitrogen and oxygen atoms in total. The molecule has 1 amide bonds. The molecule has 0 aliphatic carbocycles. The van der Waals surface area contributed by atoms with Crippen LogP contribution in [0.15, 0.2) is 54.0 Å². The predicted octanol–water partition coefficient (Wildman–Crippen LogP) is 5.62. The molecular weight excluding hydrogens is 412 g/mol. The van der Waals surface area contributed by atoms with Gasteiger partial charge in [-0.3, -0.25) is 9.36 Å². The Hall–Kier alpha value is -2.90. The second-order valence-electron chi connectivity index (χ2n) is 8.50. The average Bonchev–Trinajstić information content (AvgIpc) is 3.38. The Morgan fingerprint density at radius 1 is 1.26 bits per heavy atom. The zero-order chi connectivity index (χ0) is 22.2. The van der Waals surface area contributed by atoms with Crippen molar-refractivity contribution in [3.05, 3.63) is 64.5 Å². The monoisotopic (exact) mass is 438 g/mol. The van der Waals surface area contributed by atoms with E-state index in [-0.39, 0.29) is 12.5 Å². The van der Waals surface area contributed by atoms with Crippen LogP contribution < -0.4 is 5.32 Å². The average molecular weight is 439 g/mol. The SMILES string of the molecule is CCC1(c2cccs2)OCC(=O)Nc2ccc(-c3cccn3C(=O)OC(C)(C)C)cc21. The van der Waals surface area contributed by atoms with E-state index >= 15 is 0 Å². The minimum absolute atomic E-state index is 0.0238. The molecule has 2 aromatic heterocycles. The Labute approximate surface area is 185 Å². The van der Waals surface area contributed by atoms with Crippen LogP contribution in [0.5, 0.6) is 0 Å². The van der Waals surface area contributed by atoms with Crippen molar-refractivity contribution < 1.29 is 19.1 Å². The van der Waals surface area contributed by atoms with E-state index in [1.54, 1.807) is 17.5 Å². The number of ether oxygens (including phenoxy) is 2. The molecule has 0 spiro atoms. The molecule has 0 saturated carbocycles. The zero-order valence-corrected chi connectivity index (χ0v) is 18.9. The lowest BCUT2D eigenvalue weighted by molar-refractivity contribution is -0.125. The molecule has 1 aliphatic heterocycles. The van der Waals surface area contributed by atoms with Crippen LogP contribution in [0.2, 0.25) is 0 Å². The van der Waals surface area contributed by atoms with Gasteiger partial charge in [-0.25, -0.2) is 4.79 Å². The van der Waals surface area contributed by atoms with Crippen LogP contribution in [-0.2, 0) is 19.9 Å². The van der Waals surface area contributed by atoms with Crippen molar-refractivity contribution in [1.82, 2.24) is 4.57 Å². The molecule has 3 heterocycles. The van der Waals surface area contributed by atoms with Crippen molar-refractivity contribution in [2.45, 2.75) is 45.3 Å². The summed E-state index contributed by atoms with van der Waals surface area (Å²) in [6.45, 7) is 7.55. The predicted molar refractivity (Wildman–Crippen MR) is 121 cm³/mol. The second kappa shape index (κ2) is 7.98. The fourth-order valence-corrected chi connectivity index (χ4v) is 4.83. The molecule has 7 heteroatoms. The molecule has 1 atom stereocenters. The number of carbonyl (C=O) groups is 2. The molecule has 0 saturated heterocycles. The van der Waals surface area contributed by atoms with Crippen molar-refractivity contribution in [2.75, 3.05) is 11.9 Å². The third-order valence-corrected chi connectivity index (χ3v) is 6.24. The molecule has 31 heavy (non-hydrogen) atoms. The lowest BCUT2D eigenvalue weighted by atomic mass is 9.86. The first-order valence-corrected chi connectivity index (χ1v) is 11.1. The van der Waals surface area contributed by atoms with Gasteiger partial charge in [0.25, 0.3) is 0 Å². The van der Waals surface area contributed by atoms with E-state index in [9.17, 15) is 9.59 Å². The van der Waals surface area contributed by atoms with Gasteiger partial charge in [0.05, 0.1) is 5.69 Å². The number of aromatic nitrogens is 1. The van der Waals surface area contributed by atoms with Gasteiger partial charge < -0.3 is 14.8 Å². The van der Waals surface area contributed by atoms with Crippen molar-refractivity contribution in [1.29, 1.82) is 0 Å². The van der Waals surface area contributed by atoms with Crippen molar-refractivity contribution in [3.8, 4) is 11.3 Å². The molecule has 1 aliphatic rings. The molecule has 0 bridgehead atoms. The summed E-state index contributed by atoms with van der Waals surface area (Å²) in [5.74, 6) is -0.182. The van der Waals surface area contributed by atoms with Gasteiger partial charge in [-0.1, -0.05) is 19.1 Å². The van der Waals surface area contributed by atoms with Gasteiger partial charge in [-0.05, 0) is 68.5 Å². The number of hydrogen-bond acceptors (Lipinski definition) is 5. The zero-order valence-electron chi connectivity index (χ0n) is 18.1. The number of amides is 1. The minimum Gasteiger partial charge on any atom is -0.443 e. The molecule has 4 rings (SSSR count). The van der Waals surface area contributed by atoms with E-state index in [1.807, 2.05) is 68.6 Å². The summed E-state index contributed by atoms with van der Waals surface area (Å²) in [6.07, 6.45) is 1.91. The summed E-state index contributed by atoms with van der Waals surface area (Å²) in [6, 6.07) is 13.5. The number of nitrogens with zero attached hydrogens (tertiary/aromatic N) is 1. The third kappa shape index (κ3) is 4.03. The first-order valence-electron chi connectivity index (χ1n) is 10.3. The molecule has 162 valence electrons. The number of hydrogen-bond donors (Lipinski definition) is 1. The van der Waals surface area contributed by atoms with E-state index in [0.717, 1.165) is 21.7 Å². The van der Waals surface area contributed by atoms with Crippen LogP contribution in [0.25, 0.3) is 11.3 Å². The smallest absolute Gasteiger partial charge is 0.418 e. The van der Waals surface area contributed by atoms with Crippen LogP contribution in [0.3, 0.4) is 0 Å². The Morgan fingerprint density at radius 2 is 2.06 bits per heavy atom. The summed E-state index contributed by atoms with van der Waals surface area (Å²) in [5.41, 5.74) is 1.80. The van der Waals surface area contributed by atoms with Gasteiger partial charge in [0.1, 0.15) is 17.8 Å². The normalized spacial score (nSPS) is 18.8. The topological polar surface area (TPSA) is 69.6 Å². The molecule has 1 unspecified atom stereocenters. The van der Waals surface area contributed by atoms with E-state index < -0.39 is 17.3 Å². The summed E-state index contributed by atoms with van der Waals surface area (Å²) >= 11 is 1.60. The Bertz CT molecular complexity index is 1110. The Kier molecular flexibility index (Phi) is 5.49. The van der Waals surface area contributed by atoms with Crippen molar-refractivity contribution >= 4 is 29.0 Å². The molecule has 0 radical (unpaired) electrons. The maximum absolute atomic E-state index is 12.7. The van der Waals surface area contributed by atoms with Gasteiger partial charge in [-0.15, -0.1) is 11.3 Å². The fraction of sp³-hybridized carbons (Fsp3) is 0.333. The van der Waals surface area contributed by atoms with E-state index in [0.29, 0.717) is 12.1 Å². The highest BCUT2D eigenvalue weighted by atomic mass is 32.1. The molecule has 1 aromatic carbocycles. The minimum atomic E-state index is -0.748. The quantitative estimate of drug-likeness (QED) is 0.576. The van der Waals surface area contributed by atoms with Crippen molar-refractivity contribution in [2.24, 2.45) is 0 Å². The fourth-order valence-electron chi connectivity index (χ4n) is 3.86. The van der Waals surface area contributed by atoms with Gasteiger partial charge in [0.15, 0.2) is 0 Å². The standard InChI is InChI=1S/C24H26N2O4S/c1-5-24(20-9-7-13-31-20)17-14-16(10-11-18(17)25-21(27)15-29-24)19-8-6-12-26(19)22(28)30-23(2,3)4/h6-14H,5,15H2,1-4H3,(H,25,27). The summed E-state index contributed by atoms with van der Waals surface area (Å²) in [7, 11) is 0. The maximum Gasteiger partial charge on any atom is 0.418 e. The van der Waals surface area contributed by atoms with Crippen LogP contribution in [-0.4, -0.2) is 28.8 Å². The number of thiophene rings is 1. The third-order valence-electron chi connectivity index (χ3n) is 5.23. The summed E-state index contributed by atoms with van der Waals surface area (Å²) in [5, 5.41) is 4.96. The second-order valence-corrected chi connectivity index (χ2v) is 9.45. The summed E-state index contributed by atoms with van der Waals surface area (Å²) in [4.78, 5) is 26.1. The van der Waals surface area contributed by atoms with E-state index in [2.05, 4.69) is 12.2 Å². The molecule has 3 aromatic rings. The van der Waals surface area contributed by atoms with Gasteiger partial charge in [0, 0.05) is 22.3 Å². The van der Waals surface area contributed by atoms with Crippen LogP contribution in [0.4, 0.5) is 10.5 Å². The maximum atomic E-state index is 12.7. The van der Waals surface area contributed by atoms with Gasteiger partial charge in [-0.2, -0.15) is 0 Å². The first-order chi connectivity index (χ1) is 14.7. The molecular formula is C24H26N2O4S. The Morgan fingerprint density at radius 3 is 2.74 bits per heavy atom. The van der Waals surface area contributed by atoms with Crippen molar-refractivity contribution in [3.63, 3.8) is 0 Å².